The largest absolute Gasteiger partial charge is 0.504 e. The molecule has 2 aliphatic rings. The summed E-state index contributed by atoms with van der Waals surface area (Å²) in [6.45, 7) is 1.21. The zero-order valence-corrected chi connectivity index (χ0v) is 16.4. The van der Waals surface area contributed by atoms with Crippen LogP contribution in [-0.4, -0.2) is 35.2 Å². The molecule has 0 spiro atoms. The number of hydrazine groups is 3. The van der Waals surface area contributed by atoms with E-state index in [1.807, 2.05) is 18.2 Å². The highest BCUT2D eigenvalue weighted by atomic mass is 32.1. The molecule has 0 bridgehead atoms. The highest BCUT2D eigenvalue weighted by Gasteiger charge is 2.26. The topological polar surface area (TPSA) is 97.9 Å². The molecule has 1 amide bonds. The number of carbonyl (C=O) groups excluding carboxylic acids is 1. The van der Waals surface area contributed by atoms with Crippen molar-refractivity contribution in [2.24, 2.45) is 0 Å². The molecule has 2 aromatic carbocycles. The Hall–Kier alpha value is -2.69. The van der Waals surface area contributed by atoms with Crippen molar-refractivity contribution in [3.8, 4) is 22.6 Å². The summed E-state index contributed by atoms with van der Waals surface area (Å²) in [5, 5.41) is 13.9. The van der Waals surface area contributed by atoms with Gasteiger partial charge in [-0.2, -0.15) is 11.1 Å². The lowest BCUT2D eigenvalue weighted by Gasteiger charge is -2.21. The van der Waals surface area contributed by atoms with Gasteiger partial charge in [-0.25, -0.2) is 10.9 Å². The van der Waals surface area contributed by atoms with Crippen molar-refractivity contribution >= 4 is 27.3 Å². The molecule has 2 aliphatic heterocycles. The maximum Gasteiger partial charge on any atom is 0.226 e. The lowest BCUT2D eigenvalue weighted by atomic mass is 10.0. The van der Waals surface area contributed by atoms with E-state index in [1.54, 1.807) is 22.3 Å². The van der Waals surface area contributed by atoms with E-state index in [0.717, 1.165) is 22.1 Å². The second-order valence-corrected chi connectivity index (χ2v) is 8.00. The van der Waals surface area contributed by atoms with E-state index in [4.69, 9.17) is 4.74 Å². The quantitative estimate of drug-likeness (QED) is 0.449. The molecule has 0 aliphatic carbocycles. The summed E-state index contributed by atoms with van der Waals surface area (Å²) in [7, 11) is 0. The van der Waals surface area contributed by atoms with Crippen molar-refractivity contribution in [1.82, 2.24) is 26.8 Å². The van der Waals surface area contributed by atoms with Crippen LogP contribution in [0.4, 0.5) is 0 Å². The van der Waals surface area contributed by atoms with Crippen LogP contribution in [0.25, 0.3) is 21.2 Å². The molecule has 0 radical (unpaired) electrons. The van der Waals surface area contributed by atoms with Crippen LogP contribution < -0.4 is 26.7 Å². The molecule has 29 heavy (non-hydrogen) atoms. The van der Waals surface area contributed by atoms with E-state index in [9.17, 15) is 9.90 Å². The molecular formula is C20H21N5O3S. The van der Waals surface area contributed by atoms with Crippen molar-refractivity contribution in [2.75, 3.05) is 13.2 Å². The van der Waals surface area contributed by atoms with Crippen molar-refractivity contribution < 1.29 is 14.6 Å². The van der Waals surface area contributed by atoms with Gasteiger partial charge in [0, 0.05) is 27.8 Å². The number of rotatable bonds is 3. The summed E-state index contributed by atoms with van der Waals surface area (Å²) in [5.41, 5.74) is 14.1. The molecule has 3 heterocycles. The number of nitrogens with zero attached hydrogens (tertiary/aromatic N) is 1. The number of benzene rings is 2. The van der Waals surface area contributed by atoms with Crippen molar-refractivity contribution in [1.29, 1.82) is 0 Å². The van der Waals surface area contributed by atoms with E-state index < -0.39 is 0 Å². The Morgan fingerprint density at radius 1 is 1.24 bits per heavy atom. The fraction of sp³-hybridized carbons (Fsp3) is 0.250. The average Bonchev–Trinajstić information content (AvgIpc) is 3.33. The number of fused-ring (bicyclic) bond motifs is 2. The van der Waals surface area contributed by atoms with Gasteiger partial charge in [-0.15, -0.1) is 11.3 Å². The predicted octanol–water partition coefficient (Wildman–Crippen LogP) is 1.83. The lowest BCUT2D eigenvalue weighted by molar-refractivity contribution is -0.132. The molecule has 9 heteroatoms. The summed E-state index contributed by atoms with van der Waals surface area (Å²) < 4.78 is 6.99. The third kappa shape index (κ3) is 3.54. The van der Waals surface area contributed by atoms with Crippen molar-refractivity contribution in [3.05, 3.63) is 47.3 Å². The fourth-order valence-corrected chi connectivity index (χ4v) is 4.73. The number of carbonyl (C=O) groups is 1. The van der Waals surface area contributed by atoms with Gasteiger partial charge in [-0.1, -0.05) is 18.2 Å². The Labute approximate surface area is 171 Å². The SMILES string of the molecule is O=C(CC1NNNN1)N1CCOc2c(O)cc(-c3csc4ccccc34)cc2C1. The minimum absolute atomic E-state index is 0.00262. The van der Waals surface area contributed by atoms with E-state index in [0.29, 0.717) is 25.4 Å². The summed E-state index contributed by atoms with van der Waals surface area (Å²) in [6.07, 6.45) is 0.0963. The second kappa shape index (κ2) is 7.62. The highest BCUT2D eigenvalue weighted by Crippen LogP contribution is 2.41. The molecule has 1 fully saturated rings. The van der Waals surface area contributed by atoms with Crippen molar-refractivity contribution in [3.63, 3.8) is 0 Å². The smallest absolute Gasteiger partial charge is 0.226 e. The first-order valence-corrected chi connectivity index (χ1v) is 10.3. The first-order chi connectivity index (χ1) is 14.2. The Morgan fingerprint density at radius 3 is 2.93 bits per heavy atom. The van der Waals surface area contributed by atoms with Crippen molar-refractivity contribution in [2.45, 2.75) is 19.1 Å². The third-order valence-electron chi connectivity index (χ3n) is 5.19. The highest BCUT2D eigenvalue weighted by molar-refractivity contribution is 7.17. The first kappa shape index (κ1) is 18.3. The summed E-state index contributed by atoms with van der Waals surface area (Å²) in [6, 6.07) is 12.0. The number of hydrogen-bond acceptors (Lipinski definition) is 8. The number of phenols is 1. The van der Waals surface area contributed by atoms with Gasteiger partial charge in [-0.3, -0.25) is 4.79 Å². The number of nitrogens with one attached hydrogen (secondary N) is 4. The predicted molar refractivity (Wildman–Crippen MR) is 111 cm³/mol. The molecule has 1 aromatic heterocycles. The van der Waals surface area contributed by atoms with E-state index in [1.165, 1.54) is 4.70 Å². The maximum absolute atomic E-state index is 12.8. The zero-order chi connectivity index (χ0) is 19.8. The Kier molecular flexibility index (Phi) is 4.82. The third-order valence-corrected chi connectivity index (χ3v) is 6.16. The monoisotopic (exact) mass is 411 g/mol. The van der Waals surface area contributed by atoms with Gasteiger partial charge >= 0.3 is 0 Å². The Morgan fingerprint density at radius 2 is 2.07 bits per heavy atom. The average molecular weight is 411 g/mol. The molecule has 1 saturated heterocycles. The number of ether oxygens (including phenoxy) is 1. The van der Waals surface area contributed by atoms with Crippen LogP contribution in [0, 0.1) is 0 Å². The van der Waals surface area contributed by atoms with Gasteiger partial charge < -0.3 is 14.7 Å². The molecule has 150 valence electrons. The molecule has 0 saturated carbocycles. The summed E-state index contributed by atoms with van der Waals surface area (Å²) in [5.74, 6) is 0.571. The standard InChI is InChI=1S/C20H21N5O3S/c26-16-8-12(15-11-29-17-4-2-1-3-14(15)17)7-13-10-25(5-6-28-20(13)16)19(27)9-18-21-23-24-22-18/h1-4,7-8,11,18,21-24,26H,5-6,9-10H2. The lowest BCUT2D eigenvalue weighted by Crippen LogP contribution is -2.41. The van der Waals surface area contributed by atoms with E-state index in [2.05, 4.69) is 39.4 Å². The van der Waals surface area contributed by atoms with Crippen LogP contribution in [0.15, 0.2) is 41.8 Å². The number of aromatic hydroxyl groups is 1. The Balaban J connectivity index is 1.46. The maximum atomic E-state index is 12.8. The molecule has 5 rings (SSSR count). The molecular weight excluding hydrogens is 390 g/mol. The van der Waals surface area contributed by atoms with Crippen LogP contribution >= 0.6 is 11.3 Å². The minimum Gasteiger partial charge on any atom is -0.504 e. The Bertz CT molecular complexity index is 1060. The molecule has 8 nitrogen and oxygen atoms in total. The van der Waals surface area contributed by atoms with Crippen LogP contribution in [0.2, 0.25) is 0 Å². The second-order valence-electron chi connectivity index (χ2n) is 7.09. The summed E-state index contributed by atoms with van der Waals surface area (Å²) in [4.78, 5) is 14.5. The van der Waals surface area contributed by atoms with Gasteiger partial charge in [0.1, 0.15) is 6.61 Å². The molecule has 0 atom stereocenters. The summed E-state index contributed by atoms with van der Waals surface area (Å²) >= 11 is 1.68. The zero-order valence-electron chi connectivity index (χ0n) is 15.6. The number of amides is 1. The van der Waals surface area contributed by atoms with Crippen LogP contribution in [0.5, 0.6) is 11.5 Å². The minimum atomic E-state index is -0.192. The molecule has 3 aromatic rings. The van der Waals surface area contributed by atoms with Gasteiger partial charge in [0.25, 0.3) is 0 Å². The number of hydrogen-bond donors (Lipinski definition) is 5. The van der Waals surface area contributed by atoms with Crippen LogP contribution in [-0.2, 0) is 11.3 Å². The van der Waals surface area contributed by atoms with Gasteiger partial charge in [0.15, 0.2) is 11.5 Å². The molecule has 0 unspecified atom stereocenters. The molecule has 5 N–H and O–H groups in total. The normalized spacial score (nSPS) is 17.2. The van der Waals surface area contributed by atoms with E-state index in [-0.39, 0.29) is 24.2 Å². The first-order valence-electron chi connectivity index (χ1n) is 9.43. The van der Waals surface area contributed by atoms with Gasteiger partial charge in [0.05, 0.1) is 19.1 Å². The van der Waals surface area contributed by atoms with Crippen LogP contribution in [0.3, 0.4) is 0 Å². The van der Waals surface area contributed by atoms with Crippen LogP contribution in [0.1, 0.15) is 12.0 Å². The van der Waals surface area contributed by atoms with Gasteiger partial charge in [-0.05, 0) is 29.1 Å². The number of thiophene rings is 1. The van der Waals surface area contributed by atoms with E-state index >= 15 is 0 Å². The fourth-order valence-electron chi connectivity index (χ4n) is 3.76. The van der Waals surface area contributed by atoms with Gasteiger partial charge in [0.2, 0.25) is 5.91 Å². The number of phenolic OH excluding ortho intramolecular Hbond substituents is 1.